The van der Waals surface area contributed by atoms with E-state index in [0.29, 0.717) is 12.8 Å². The first-order valence-electron chi connectivity index (χ1n) is 7.35. The maximum Gasteiger partial charge on any atom is 0.198 e. The predicted molar refractivity (Wildman–Crippen MR) is 81.7 cm³/mol. The number of sulfone groups is 1. The number of benzene rings is 1. The standard InChI is InChI=1S/C16H18ClNO2S/c17-13-6-2-3-7-14(13)21(19,20)16(12-18)10-15(11-16)8-4-1-5-9-15/h2-3,6-7H,1,4-5,8-11H2. The average molecular weight is 324 g/mol. The van der Waals surface area contributed by atoms with Crippen molar-refractivity contribution < 1.29 is 8.42 Å². The summed E-state index contributed by atoms with van der Waals surface area (Å²) in [5, 5.41) is 9.77. The first kappa shape index (κ1) is 14.9. The van der Waals surface area contributed by atoms with Crippen LogP contribution in [0.15, 0.2) is 29.2 Å². The molecule has 0 saturated heterocycles. The maximum absolute atomic E-state index is 12.9. The van der Waals surface area contributed by atoms with Gasteiger partial charge >= 0.3 is 0 Å². The predicted octanol–water partition coefficient (Wildman–Crippen LogP) is 4.12. The minimum absolute atomic E-state index is 0.0717. The Morgan fingerprint density at radius 3 is 2.29 bits per heavy atom. The van der Waals surface area contributed by atoms with Gasteiger partial charge in [0.1, 0.15) is 0 Å². The molecule has 1 aromatic carbocycles. The third-order valence-corrected chi connectivity index (χ3v) is 7.87. The molecule has 0 aromatic heterocycles. The molecule has 0 N–H and O–H groups in total. The Labute approximate surface area is 130 Å². The number of rotatable bonds is 2. The monoisotopic (exact) mass is 323 g/mol. The van der Waals surface area contributed by atoms with Crippen LogP contribution in [0.3, 0.4) is 0 Å². The van der Waals surface area contributed by atoms with Crippen LogP contribution in [0.2, 0.25) is 5.02 Å². The zero-order chi connectivity index (χ0) is 15.1. The van der Waals surface area contributed by atoms with E-state index < -0.39 is 14.6 Å². The van der Waals surface area contributed by atoms with Gasteiger partial charge in [0.25, 0.3) is 0 Å². The lowest BCUT2D eigenvalue weighted by molar-refractivity contribution is 0.0548. The lowest BCUT2D eigenvalue weighted by atomic mass is 9.56. The van der Waals surface area contributed by atoms with Crippen molar-refractivity contribution in [3.05, 3.63) is 29.3 Å². The van der Waals surface area contributed by atoms with Crippen molar-refractivity contribution in [1.82, 2.24) is 0 Å². The van der Waals surface area contributed by atoms with Crippen LogP contribution >= 0.6 is 11.6 Å². The van der Waals surface area contributed by atoms with Crippen LogP contribution in [0, 0.1) is 16.7 Å². The van der Waals surface area contributed by atoms with Crippen LogP contribution in [0.4, 0.5) is 0 Å². The average Bonchev–Trinajstić information content (AvgIpc) is 2.45. The number of hydrogen-bond acceptors (Lipinski definition) is 3. The molecule has 5 heteroatoms. The molecule has 3 rings (SSSR count). The Hall–Kier alpha value is -1.05. The van der Waals surface area contributed by atoms with E-state index in [9.17, 15) is 13.7 Å². The second kappa shape index (κ2) is 5.00. The highest BCUT2D eigenvalue weighted by Crippen LogP contribution is 2.60. The molecule has 3 nitrogen and oxygen atoms in total. The summed E-state index contributed by atoms with van der Waals surface area (Å²) < 4.78 is 24.5. The molecule has 0 aliphatic heterocycles. The summed E-state index contributed by atoms with van der Waals surface area (Å²) >= 11 is 6.04. The van der Waals surface area contributed by atoms with Gasteiger partial charge < -0.3 is 0 Å². The summed E-state index contributed by atoms with van der Waals surface area (Å²) in [7, 11) is -3.71. The Kier molecular flexibility index (Phi) is 3.54. The fraction of sp³-hybridized carbons (Fsp3) is 0.562. The fourth-order valence-corrected chi connectivity index (χ4v) is 6.57. The summed E-state index contributed by atoms with van der Waals surface area (Å²) in [5.41, 5.74) is 0.0717. The minimum atomic E-state index is -3.71. The molecule has 112 valence electrons. The van der Waals surface area contributed by atoms with Gasteiger partial charge in [0, 0.05) is 0 Å². The van der Waals surface area contributed by atoms with Crippen LogP contribution in [0.25, 0.3) is 0 Å². The molecule has 2 fully saturated rings. The van der Waals surface area contributed by atoms with Gasteiger partial charge in [0.15, 0.2) is 14.6 Å². The van der Waals surface area contributed by atoms with E-state index in [1.165, 1.54) is 12.5 Å². The molecule has 1 spiro atoms. The van der Waals surface area contributed by atoms with Crippen molar-refractivity contribution in [1.29, 1.82) is 5.26 Å². The molecule has 0 unspecified atom stereocenters. The molecule has 2 aliphatic rings. The van der Waals surface area contributed by atoms with E-state index >= 15 is 0 Å². The largest absolute Gasteiger partial charge is 0.222 e. The van der Waals surface area contributed by atoms with Gasteiger partial charge in [-0.1, -0.05) is 43.0 Å². The second-order valence-electron chi connectivity index (χ2n) is 6.45. The lowest BCUT2D eigenvalue weighted by Crippen LogP contribution is -2.56. The number of nitriles is 1. The highest BCUT2D eigenvalue weighted by molar-refractivity contribution is 7.93. The maximum atomic E-state index is 12.9. The van der Waals surface area contributed by atoms with Gasteiger partial charge in [-0.2, -0.15) is 5.26 Å². The zero-order valence-corrected chi connectivity index (χ0v) is 13.4. The molecule has 0 radical (unpaired) electrons. The van der Waals surface area contributed by atoms with Crippen molar-refractivity contribution in [3.63, 3.8) is 0 Å². The van der Waals surface area contributed by atoms with Gasteiger partial charge in [-0.05, 0) is 43.2 Å². The van der Waals surface area contributed by atoms with Crippen LogP contribution in [-0.4, -0.2) is 13.2 Å². The van der Waals surface area contributed by atoms with Crippen LogP contribution in [-0.2, 0) is 9.84 Å². The molecule has 1 aromatic rings. The van der Waals surface area contributed by atoms with Crippen molar-refractivity contribution in [2.75, 3.05) is 0 Å². The van der Waals surface area contributed by atoms with Crippen molar-refractivity contribution in [3.8, 4) is 6.07 Å². The third kappa shape index (κ3) is 2.18. The van der Waals surface area contributed by atoms with Gasteiger partial charge in [-0.3, -0.25) is 0 Å². The first-order chi connectivity index (χ1) is 9.95. The summed E-state index contributed by atoms with van der Waals surface area (Å²) in [6.07, 6.45) is 6.54. The van der Waals surface area contributed by atoms with E-state index in [1.54, 1.807) is 18.2 Å². The minimum Gasteiger partial charge on any atom is -0.222 e. The van der Waals surface area contributed by atoms with E-state index in [4.69, 9.17) is 11.6 Å². The summed E-state index contributed by atoms with van der Waals surface area (Å²) in [6, 6.07) is 8.52. The third-order valence-electron chi connectivity index (χ3n) is 5.08. The van der Waals surface area contributed by atoms with E-state index in [1.807, 2.05) is 0 Å². The van der Waals surface area contributed by atoms with E-state index in [2.05, 4.69) is 6.07 Å². The zero-order valence-electron chi connectivity index (χ0n) is 11.8. The summed E-state index contributed by atoms with van der Waals surface area (Å²) in [5.74, 6) is 0. The fourth-order valence-electron chi connectivity index (χ4n) is 4.02. The smallest absolute Gasteiger partial charge is 0.198 e. The van der Waals surface area contributed by atoms with Crippen molar-refractivity contribution in [2.24, 2.45) is 5.41 Å². The highest BCUT2D eigenvalue weighted by atomic mass is 35.5. The summed E-state index contributed by atoms with van der Waals surface area (Å²) in [6.45, 7) is 0. The normalized spacial score (nSPS) is 23.2. The number of nitrogens with zero attached hydrogens (tertiary/aromatic N) is 1. The highest BCUT2D eigenvalue weighted by Gasteiger charge is 2.62. The SMILES string of the molecule is N#CC1(S(=O)(=O)c2ccccc2Cl)CC2(CCCCC2)C1. The van der Waals surface area contributed by atoms with Gasteiger partial charge in [-0.15, -0.1) is 0 Å². The quantitative estimate of drug-likeness (QED) is 0.822. The van der Waals surface area contributed by atoms with Gasteiger partial charge in [0.2, 0.25) is 0 Å². The lowest BCUT2D eigenvalue weighted by Gasteiger charge is -2.54. The van der Waals surface area contributed by atoms with Gasteiger partial charge in [0.05, 0.1) is 16.0 Å². The topological polar surface area (TPSA) is 57.9 Å². The van der Waals surface area contributed by atoms with Crippen LogP contribution < -0.4 is 0 Å². The number of halogens is 1. The first-order valence-corrected chi connectivity index (χ1v) is 9.21. The molecule has 2 saturated carbocycles. The molecule has 21 heavy (non-hydrogen) atoms. The molecular formula is C16H18ClNO2S. The Morgan fingerprint density at radius 1 is 1.10 bits per heavy atom. The van der Waals surface area contributed by atoms with E-state index in [-0.39, 0.29) is 15.3 Å². The molecule has 0 amide bonds. The Morgan fingerprint density at radius 2 is 1.71 bits per heavy atom. The summed E-state index contributed by atoms with van der Waals surface area (Å²) in [4.78, 5) is 0.0962. The molecule has 0 bridgehead atoms. The molecule has 0 heterocycles. The van der Waals surface area contributed by atoms with Crippen LogP contribution in [0.1, 0.15) is 44.9 Å². The molecule has 0 atom stereocenters. The molecule has 2 aliphatic carbocycles. The van der Waals surface area contributed by atoms with Gasteiger partial charge in [-0.25, -0.2) is 8.42 Å². The molecular weight excluding hydrogens is 306 g/mol. The van der Waals surface area contributed by atoms with E-state index in [0.717, 1.165) is 25.7 Å². The van der Waals surface area contributed by atoms with Crippen molar-refractivity contribution in [2.45, 2.75) is 54.6 Å². The Bertz CT molecular complexity index is 691. The second-order valence-corrected chi connectivity index (χ2v) is 9.09. The van der Waals surface area contributed by atoms with Crippen LogP contribution in [0.5, 0.6) is 0 Å². The van der Waals surface area contributed by atoms with Crippen molar-refractivity contribution >= 4 is 21.4 Å². The number of hydrogen-bond donors (Lipinski definition) is 0. The Balaban J connectivity index is 1.95.